The quantitative estimate of drug-likeness (QED) is 0.0987. The van der Waals surface area contributed by atoms with Crippen LogP contribution < -0.4 is 5.73 Å². The van der Waals surface area contributed by atoms with Crippen LogP contribution in [0.25, 0.3) is 0 Å². The highest BCUT2D eigenvalue weighted by atomic mass is 79.9. The van der Waals surface area contributed by atoms with Crippen molar-refractivity contribution in [1.29, 1.82) is 0 Å². The number of esters is 1. The summed E-state index contributed by atoms with van der Waals surface area (Å²) in [5.41, 5.74) is 11.3. The van der Waals surface area contributed by atoms with Crippen LogP contribution in [0.15, 0.2) is 71.2 Å². The minimum absolute atomic E-state index is 0.0624. The molecule has 1 fully saturated rings. The van der Waals surface area contributed by atoms with E-state index >= 15 is 0 Å². The molecule has 1 unspecified atom stereocenters. The molecule has 7 heteroatoms. The second kappa shape index (κ2) is 15.1. The molecule has 1 aliphatic rings. The number of carbonyl (C=O) groups is 2. The van der Waals surface area contributed by atoms with Gasteiger partial charge in [-0.25, -0.2) is 0 Å². The fourth-order valence-electron chi connectivity index (χ4n) is 4.95. The Balaban J connectivity index is 1.17. The van der Waals surface area contributed by atoms with Crippen LogP contribution in [-0.4, -0.2) is 43.0 Å². The van der Waals surface area contributed by atoms with Gasteiger partial charge in [-0.05, 0) is 90.4 Å². The highest BCUT2D eigenvalue weighted by molar-refractivity contribution is 9.10. The van der Waals surface area contributed by atoms with Gasteiger partial charge in [-0.15, -0.1) is 0 Å². The summed E-state index contributed by atoms with van der Waals surface area (Å²) in [6.07, 6.45) is 5.32. The number of anilines is 1. The summed E-state index contributed by atoms with van der Waals surface area (Å²) in [7, 11) is 0. The van der Waals surface area contributed by atoms with Crippen LogP contribution in [0.2, 0.25) is 0 Å². The summed E-state index contributed by atoms with van der Waals surface area (Å²) in [5.74, 6) is -0.811. The standard InChI is InChI=1S/C33H39BrN2O4/c1-24(27-13-10-14-28(21-27)32(37)26-11-4-2-5-12-26)33(38)40-18-9-8-17-39-23-25-19-29(31(35)30(34)20-25)22-36-15-6-3-7-16-36/h2,4-5,10-14,19-21,24H,3,6-9,15-18,22-23,35H2,1H3. The Kier molecular flexibility index (Phi) is 11.3. The van der Waals surface area contributed by atoms with E-state index in [4.69, 9.17) is 15.2 Å². The predicted octanol–water partition coefficient (Wildman–Crippen LogP) is 6.89. The van der Waals surface area contributed by atoms with Gasteiger partial charge in [0.1, 0.15) is 0 Å². The molecule has 0 spiro atoms. The van der Waals surface area contributed by atoms with Crippen molar-refractivity contribution in [3.8, 4) is 0 Å². The number of nitrogens with two attached hydrogens (primary N) is 1. The highest BCUT2D eigenvalue weighted by Gasteiger charge is 2.19. The van der Waals surface area contributed by atoms with Crippen LogP contribution in [0.5, 0.6) is 0 Å². The van der Waals surface area contributed by atoms with E-state index < -0.39 is 5.92 Å². The van der Waals surface area contributed by atoms with E-state index in [1.807, 2.05) is 43.3 Å². The van der Waals surface area contributed by atoms with E-state index in [0.717, 1.165) is 59.3 Å². The van der Waals surface area contributed by atoms with Gasteiger partial charge in [0, 0.05) is 28.8 Å². The normalized spacial score (nSPS) is 14.6. The fraction of sp³-hybridized carbons (Fsp3) is 0.394. The number of hydrogen-bond acceptors (Lipinski definition) is 6. The molecule has 212 valence electrons. The van der Waals surface area contributed by atoms with Crippen LogP contribution in [-0.2, 0) is 27.4 Å². The van der Waals surface area contributed by atoms with Crippen molar-refractivity contribution >= 4 is 33.4 Å². The van der Waals surface area contributed by atoms with Gasteiger partial charge in [0.2, 0.25) is 0 Å². The van der Waals surface area contributed by atoms with E-state index in [-0.39, 0.29) is 11.8 Å². The Morgan fingerprint density at radius 1 is 0.925 bits per heavy atom. The third-order valence-electron chi connectivity index (χ3n) is 7.35. The SMILES string of the molecule is CC(C(=O)OCCCCOCc1cc(Br)c(N)c(CN2CCCCC2)c1)c1cccc(C(=O)c2ccccc2)c1. The number of piperidine rings is 1. The zero-order valence-electron chi connectivity index (χ0n) is 23.2. The summed E-state index contributed by atoms with van der Waals surface area (Å²) < 4.78 is 12.3. The Morgan fingerprint density at radius 2 is 1.65 bits per heavy atom. The van der Waals surface area contributed by atoms with Gasteiger partial charge >= 0.3 is 5.97 Å². The number of nitrogen functional groups attached to an aromatic ring is 1. The van der Waals surface area contributed by atoms with Crippen molar-refractivity contribution in [2.45, 2.75) is 58.1 Å². The third kappa shape index (κ3) is 8.50. The van der Waals surface area contributed by atoms with Crippen molar-refractivity contribution in [2.75, 3.05) is 32.0 Å². The second-order valence-corrected chi connectivity index (χ2v) is 11.3. The molecule has 1 heterocycles. The molecule has 40 heavy (non-hydrogen) atoms. The Bertz CT molecular complexity index is 1270. The zero-order chi connectivity index (χ0) is 28.3. The van der Waals surface area contributed by atoms with Gasteiger partial charge in [0.25, 0.3) is 0 Å². The van der Waals surface area contributed by atoms with Crippen LogP contribution in [0, 0.1) is 0 Å². The van der Waals surface area contributed by atoms with Crippen molar-refractivity contribution in [2.24, 2.45) is 0 Å². The van der Waals surface area contributed by atoms with Crippen molar-refractivity contribution in [1.82, 2.24) is 4.90 Å². The molecule has 0 aromatic heterocycles. The third-order valence-corrected chi connectivity index (χ3v) is 8.01. The molecule has 6 nitrogen and oxygen atoms in total. The molecule has 3 aromatic rings. The lowest BCUT2D eigenvalue weighted by molar-refractivity contribution is -0.145. The molecular formula is C33H39BrN2O4. The number of nitrogens with zero attached hydrogens (tertiary/aromatic N) is 1. The van der Waals surface area contributed by atoms with Gasteiger partial charge in [0.05, 0.1) is 24.8 Å². The molecule has 0 aliphatic carbocycles. The lowest BCUT2D eigenvalue weighted by Gasteiger charge is -2.27. The first kappa shape index (κ1) is 30.0. The first-order valence-electron chi connectivity index (χ1n) is 14.2. The number of unbranched alkanes of at least 4 members (excludes halogenated alkanes) is 1. The molecule has 0 bridgehead atoms. The van der Waals surface area contributed by atoms with Crippen molar-refractivity contribution in [3.63, 3.8) is 0 Å². The Morgan fingerprint density at radius 3 is 2.42 bits per heavy atom. The van der Waals surface area contributed by atoms with Crippen LogP contribution in [0.4, 0.5) is 5.69 Å². The first-order valence-corrected chi connectivity index (χ1v) is 14.9. The first-order chi connectivity index (χ1) is 19.4. The number of likely N-dealkylation sites (tertiary alicyclic amines) is 1. The number of benzene rings is 3. The average Bonchev–Trinajstić information content (AvgIpc) is 2.99. The van der Waals surface area contributed by atoms with Gasteiger partial charge in [-0.1, -0.05) is 61.0 Å². The second-order valence-electron chi connectivity index (χ2n) is 10.5. The maximum Gasteiger partial charge on any atom is 0.313 e. The molecule has 4 rings (SSSR count). The lowest BCUT2D eigenvalue weighted by atomic mass is 9.96. The predicted molar refractivity (Wildman–Crippen MR) is 162 cm³/mol. The summed E-state index contributed by atoms with van der Waals surface area (Å²) in [6, 6.07) is 20.5. The van der Waals surface area contributed by atoms with Gasteiger partial charge < -0.3 is 15.2 Å². The molecule has 0 saturated carbocycles. The van der Waals surface area contributed by atoms with E-state index in [1.54, 1.807) is 24.3 Å². The maximum absolute atomic E-state index is 12.8. The van der Waals surface area contributed by atoms with Gasteiger partial charge in [-0.2, -0.15) is 0 Å². The minimum atomic E-state index is -0.456. The van der Waals surface area contributed by atoms with Gasteiger partial charge in [0.15, 0.2) is 5.78 Å². The topological polar surface area (TPSA) is 81.9 Å². The summed E-state index contributed by atoms with van der Waals surface area (Å²) in [5, 5.41) is 0. The number of halogens is 1. The van der Waals surface area contributed by atoms with Crippen LogP contribution in [0.1, 0.15) is 77.6 Å². The average molecular weight is 608 g/mol. The monoisotopic (exact) mass is 606 g/mol. The molecule has 3 aromatic carbocycles. The molecule has 2 N–H and O–H groups in total. The largest absolute Gasteiger partial charge is 0.465 e. The number of ketones is 1. The summed E-state index contributed by atoms with van der Waals surface area (Å²) in [4.78, 5) is 27.9. The molecule has 1 aliphatic heterocycles. The fourth-order valence-corrected chi connectivity index (χ4v) is 5.49. The van der Waals surface area contributed by atoms with E-state index in [2.05, 4.69) is 26.9 Å². The zero-order valence-corrected chi connectivity index (χ0v) is 24.8. The number of carbonyl (C=O) groups excluding carboxylic acids is 2. The molecule has 1 saturated heterocycles. The Hall–Kier alpha value is -3.00. The molecule has 0 amide bonds. The summed E-state index contributed by atoms with van der Waals surface area (Å²) >= 11 is 3.60. The number of ether oxygens (including phenoxy) is 2. The number of hydrogen-bond donors (Lipinski definition) is 1. The van der Waals surface area contributed by atoms with E-state index in [9.17, 15) is 9.59 Å². The number of rotatable bonds is 13. The molecular weight excluding hydrogens is 568 g/mol. The van der Waals surface area contributed by atoms with Crippen LogP contribution in [0.3, 0.4) is 0 Å². The maximum atomic E-state index is 12.8. The van der Waals surface area contributed by atoms with Crippen molar-refractivity contribution in [3.05, 3.63) is 99.0 Å². The Labute approximate surface area is 246 Å². The van der Waals surface area contributed by atoms with Gasteiger partial charge in [-0.3, -0.25) is 14.5 Å². The highest BCUT2D eigenvalue weighted by Crippen LogP contribution is 2.28. The molecule has 1 atom stereocenters. The molecule has 0 radical (unpaired) electrons. The minimum Gasteiger partial charge on any atom is -0.465 e. The van der Waals surface area contributed by atoms with E-state index in [1.165, 1.54) is 19.3 Å². The summed E-state index contributed by atoms with van der Waals surface area (Å²) in [6.45, 7) is 6.37. The van der Waals surface area contributed by atoms with Crippen molar-refractivity contribution < 1.29 is 19.1 Å². The van der Waals surface area contributed by atoms with Crippen LogP contribution >= 0.6 is 15.9 Å². The smallest absolute Gasteiger partial charge is 0.313 e. The van der Waals surface area contributed by atoms with E-state index in [0.29, 0.717) is 30.9 Å². The lowest BCUT2D eigenvalue weighted by Crippen LogP contribution is -2.29.